The van der Waals surface area contributed by atoms with Crippen LogP contribution in [0.3, 0.4) is 0 Å². The van der Waals surface area contributed by atoms with Crippen LogP contribution in [-0.4, -0.2) is 33.5 Å². The molecule has 0 atom stereocenters. The number of nitrogens with zero attached hydrogens (tertiary/aromatic N) is 2. The fourth-order valence-corrected chi connectivity index (χ4v) is 3.16. The molecule has 0 spiro atoms. The summed E-state index contributed by atoms with van der Waals surface area (Å²) in [6.07, 6.45) is 0. The van der Waals surface area contributed by atoms with Crippen LogP contribution < -0.4 is 10.6 Å². The lowest BCUT2D eigenvalue weighted by molar-refractivity contribution is -0.115. The van der Waals surface area contributed by atoms with Gasteiger partial charge in [0.25, 0.3) is 0 Å². The van der Waals surface area contributed by atoms with Gasteiger partial charge in [-0.05, 0) is 18.2 Å². The molecule has 120 valence electrons. The lowest BCUT2D eigenvalue weighted by Crippen LogP contribution is -2.13. The van der Waals surface area contributed by atoms with Crippen LogP contribution in [0.15, 0.2) is 28.0 Å². The Bertz CT molecular complexity index is 732. The van der Waals surface area contributed by atoms with Crippen LogP contribution in [0.5, 0.6) is 0 Å². The molecular weight excluding hydrogens is 336 g/mol. The highest BCUT2D eigenvalue weighted by atomic mass is 32.2. The van der Waals surface area contributed by atoms with Crippen LogP contribution in [0, 0.1) is 0 Å². The van der Waals surface area contributed by atoms with Crippen LogP contribution in [0.25, 0.3) is 0 Å². The van der Waals surface area contributed by atoms with Crippen LogP contribution >= 0.6 is 23.1 Å². The van der Waals surface area contributed by atoms with Crippen molar-refractivity contribution in [2.24, 2.45) is 0 Å². The molecule has 0 bridgehead atoms. The maximum atomic E-state index is 12.4. The van der Waals surface area contributed by atoms with E-state index in [2.05, 4.69) is 20.8 Å². The molecule has 1 heterocycles. The second kappa shape index (κ2) is 7.84. The van der Waals surface area contributed by atoms with E-state index in [1.165, 1.54) is 36.9 Å². The van der Waals surface area contributed by atoms with Crippen molar-refractivity contribution in [2.45, 2.75) is 18.2 Å². The van der Waals surface area contributed by atoms with Gasteiger partial charge in [0.15, 0.2) is 10.1 Å². The quantitative estimate of drug-likeness (QED) is 0.613. The Balaban J connectivity index is 2.19. The van der Waals surface area contributed by atoms with Crippen LogP contribution in [0.2, 0.25) is 0 Å². The standard InChI is InChI=1S/C14H14N4O3S2/c1-8(19)16-10-3-4-11(12(5-10)17-9(2)20)13(21)6-22-14-18-15-7-23-14/h3-5,7H,6H2,1-2H3,(H,16,19)(H,17,20). The number of rotatable bonds is 6. The SMILES string of the molecule is CC(=O)Nc1ccc(C(=O)CSc2nncs2)c(NC(C)=O)c1. The summed E-state index contributed by atoms with van der Waals surface area (Å²) in [6.45, 7) is 2.74. The number of Topliss-reactive ketones (excluding diaryl/α,β-unsaturated/α-hetero) is 1. The molecule has 0 aliphatic carbocycles. The number of aromatic nitrogens is 2. The summed E-state index contributed by atoms with van der Waals surface area (Å²) in [7, 11) is 0. The molecule has 0 fully saturated rings. The molecule has 0 aliphatic heterocycles. The summed E-state index contributed by atoms with van der Waals surface area (Å²) < 4.78 is 0.703. The first kappa shape index (κ1) is 17.1. The average Bonchev–Trinajstić information content (AvgIpc) is 2.97. The van der Waals surface area contributed by atoms with Crippen molar-refractivity contribution in [2.75, 3.05) is 16.4 Å². The Morgan fingerprint density at radius 1 is 1.17 bits per heavy atom. The number of hydrogen-bond acceptors (Lipinski definition) is 7. The number of benzene rings is 1. The minimum atomic E-state index is -0.296. The summed E-state index contributed by atoms with van der Waals surface area (Å²) in [5.74, 6) is -0.495. The van der Waals surface area contributed by atoms with E-state index in [1.807, 2.05) is 0 Å². The van der Waals surface area contributed by atoms with Crippen molar-refractivity contribution in [3.8, 4) is 0 Å². The zero-order chi connectivity index (χ0) is 16.8. The first-order valence-electron chi connectivity index (χ1n) is 6.57. The third-order valence-electron chi connectivity index (χ3n) is 2.62. The zero-order valence-electron chi connectivity index (χ0n) is 12.5. The predicted molar refractivity (Wildman–Crippen MR) is 90.0 cm³/mol. The lowest BCUT2D eigenvalue weighted by Gasteiger charge is -2.11. The van der Waals surface area contributed by atoms with Crippen molar-refractivity contribution < 1.29 is 14.4 Å². The van der Waals surface area contributed by atoms with Crippen molar-refractivity contribution in [1.82, 2.24) is 10.2 Å². The number of nitrogens with one attached hydrogen (secondary N) is 2. The van der Waals surface area contributed by atoms with Gasteiger partial charge in [0, 0.05) is 25.1 Å². The van der Waals surface area contributed by atoms with Gasteiger partial charge in [0.05, 0.1) is 11.4 Å². The van der Waals surface area contributed by atoms with Gasteiger partial charge < -0.3 is 10.6 Å². The molecule has 2 amide bonds. The number of carbonyl (C=O) groups excluding carboxylic acids is 3. The second-order valence-corrected chi connectivity index (χ2v) is 6.59. The molecule has 0 saturated heterocycles. The Morgan fingerprint density at radius 3 is 2.52 bits per heavy atom. The van der Waals surface area contributed by atoms with E-state index in [4.69, 9.17) is 0 Å². The Labute approximate surface area is 140 Å². The Kier molecular flexibility index (Phi) is 5.83. The van der Waals surface area contributed by atoms with Gasteiger partial charge >= 0.3 is 0 Å². The topological polar surface area (TPSA) is 101 Å². The molecule has 23 heavy (non-hydrogen) atoms. The molecule has 7 nitrogen and oxygen atoms in total. The number of carbonyl (C=O) groups is 3. The summed E-state index contributed by atoms with van der Waals surface area (Å²) >= 11 is 2.64. The van der Waals surface area contributed by atoms with Crippen LogP contribution in [0.1, 0.15) is 24.2 Å². The molecular formula is C14H14N4O3S2. The van der Waals surface area contributed by atoms with Gasteiger partial charge in [-0.3, -0.25) is 14.4 Å². The molecule has 0 aliphatic rings. The van der Waals surface area contributed by atoms with Gasteiger partial charge in [-0.25, -0.2) is 0 Å². The third-order valence-corrected chi connectivity index (χ3v) is 4.48. The minimum absolute atomic E-state index is 0.150. The fraction of sp³-hybridized carbons (Fsp3) is 0.214. The fourth-order valence-electron chi connectivity index (χ4n) is 1.79. The van der Waals surface area contributed by atoms with E-state index in [0.717, 1.165) is 0 Å². The van der Waals surface area contributed by atoms with Crippen LogP contribution in [-0.2, 0) is 9.59 Å². The molecule has 2 N–H and O–H groups in total. The summed E-state index contributed by atoms with van der Waals surface area (Å²) in [5.41, 5.74) is 2.85. The minimum Gasteiger partial charge on any atom is -0.326 e. The molecule has 2 rings (SSSR count). The van der Waals surface area contributed by atoms with Crippen molar-refractivity contribution in [3.05, 3.63) is 29.3 Å². The van der Waals surface area contributed by atoms with Crippen molar-refractivity contribution in [3.63, 3.8) is 0 Å². The summed E-state index contributed by atoms with van der Waals surface area (Å²) in [4.78, 5) is 34.8. The van der Waals surface area contributed by atoms with Gasteiger partial charge in [-0.2, -0.15) is 0 Å². The monoisotopic (exact) mass is 350 g/mol. The van der Waals surface area contributed by atoms with Crippen molar-refractivity contribution in [1.29, 1.82) is 0 Å². The highest BCUT2D eigenvalue weighted by Crippen LogP contribution is 2.25. The van der Waals surface area contributed by atoms with E-state index >= 15 is 0 Å². The smallest absolute Gasteiger partial charge is 0.221 e. The van der Waals surface area contributed by atoms with Crippen LogP contribution in [0.4, 0.5) is 11.4 Å². The summed E-state index contributed by atoms with van der Waals surface area (Å²) in [6, 6.07) is 4.76. The number of anilines is 2. The number of thioether (sulfide) groups is 1. The van der Waals surface area contributed by atoms with Gasteiger partial charge in [0.2, 0.25) is 11.8 Å². The first-order chi connectivity index (χ1) is 11.0. The van der Waals surface area contributed by atoms with E-state index in [1.54, 1.807) is 23.7 Å². The zero-order valence-corrected chi connectivity index (χ0v) is 14.1. The van der Waals surface area contributed by atoms with Gasteiger partial charge in [-0.15, -0.1) is 10.2 Å². The molecule has 1 aromatic carbocycles. The lowest BCUT2D eigenvalue weighted by atomic mass is 10.1. The Hall–Kier alpha value is -2.26. The van der Waals surface area contributed by atoms with Gasteiger partial charge in [-0.1, -0.05) is 23.1 Å². The molecule has 0 unspecified atom stereocenters. The number of ketones is 1. The molecule has 9 heteroatoms. The largest absolute Gasteiger partial charge is 0.326 e. The normalized spacial score (nSPS) is 10.2. The molecule has 0 saturated carbocycles. The average molecular weight is 350 g/mol. The van der Waals surface area contributed by atoms with E-state index < -0.39 is 0 Å². The number of hydrogen-bond donors (Lipinski definition) is 2. The third kappa shape index (κ3) is 5.15. The predicted octanol–water partition coefficient (Wildman–Crippen LogP) is 2.43. The van der Waals surface area contributed by atoms with E-state index in [9.17, 15) is 14.4 Å². The van der Waals surface area contributed by atoms with E-state index in [-0.39, 0.29) is 23.4 Å². The highest BCUT2D eigenvalue weighted by molar-refractivity contribution is 8.01. The number of amides is 2. The summed E-state index contributed by atoms with van der Waals surface area (Å²) in [5, 5.41) is 12.8. The Morgan fingerprint density at radius 2 is 1.91 bits per heavy atom. The second-order valence-electron chi connectivity index (χ2n) is 4.54. The molecule has 2 aromatic rings. The molecule has 0 radical (unpaired) electrons. The first-order valence-corrected chi connectivity index (χ1v) is 8.43. The maximum absolute atomic E-state index is 12.4. The van der Waals surface area contributed by atoms with Gasteiger partial charge in [0.1, 0.15) is 5.51 Å². The molecule has 1 aromatic heterocycles. The highest BCUT2D eigenvalue weighted by Gasteiger charge is 2.15. The van der Waals surface area contributed by atoms with E-state index in [0.29, 0.717) is 21.3 Å². The maximum Gasteiger partial charge on any atom is 0.221 e. The van der Waals surface area contributed by atoms with Crippen molar-refractivity contribution >= 4 is 52.1 Å².